The van der Waals surface area contributed by atoms with Gasteiger partial charge in [0.15, 0.2) is 5.16 Å². The van der Waals surface area contributed by atoms with Gasteiger partial charge in [0, 0.05) is 20.2 Å². The van der Waals surface area contributed by atoms with Gasteiger partial charge in [0.05, 0.1) is 0 Å². The summed E-state index contributed by atoms with van der Waals surface area (Å²) in [6, 6.07) is 1.69. The van der Waals surface area contributed by atoms with E-state index < -0.39 is 0 Å². The predicted molar refractivity (Wildman–Crippen MR) is 55.5 cm³/mol. The van der Waals surface area contributed by atoms with Crippen LogP contribution in [-0.4, -0.2) is 35.3 Å². The van der Waals surface area contributed by atoms with Gasteiger partial charge < -0.3 is 11.2 Å². The molecule has 0 atom stereocenters. The third-order valence-electron chi connectivity index (χ3n) is 1.25. The van der Waals surface area contributed by atoms with Crippen LogP contribution in [-0.2, 0) is 0 Å². The second-order valence-corrected chi connectivity index (χ2v) is 3.44. The standard InChI is InChI=1S/C7H13N5S/c1-12(2)11-6-4-5(8)9-7(10-6)13-3/h4H,1-3H3,(H3,8,9,10,11). The highest BCUT2D eigenvalue weighted by Crippen LogP contribution is 2.14. The molecule has 0 saturated carbocycles. The molecular weight excluding hydrogens is 186 g/mol. The van der Waals surface area contributed by atoms with E-state index in [1.807, 2.05) is 20.4 Å². The third kappa shape index (κ3) is 3.08. The molecule has 0 spiro atoms. The van der Waals surface area contributed by atoms with Gasteiger partial charge in [-0.1, -0.05) is 11.8 Å². The van der Waals surface area contributed by atoms with Crippen LogP contribution in [0.5, 0.6) is 0 Å². The molecule has 0 unspecified atom stereocenters. The van der Waals surface area contributed by atoms with Crippen LogP contribution in [0.3, 0.4) is 0 Å². The normalized spacial score (nSPS) is 10.5. The summed E-state index contributed by atoms with van der Waals surface area (Å²) in [5.41, 5.74) is 8.60. The first-order valence-electron chi connectivity index (χ1n) is 3.74. The number of hydrogen-bond acceptors (Lipinski definition) is 6. The number of anilines is 2. The van der Waals surface area contributed by atoms with Gasteiger partial charge in [0.1, 0.15) is 11.6 Å². The smallest absolute Gasteiger partial charge is 0.191 e. The molecule has 0 saturated heterocycles. The molecule has 13 heavy (non-hydrogen) atoms. The Bertz CT molecular complexity index is 288. The molecule has 0 aliphatic heterocycles. The fourth-order valence-electron chi connectivity index (χ4n) is 0.821. The largest absolute Gasteiger partial charge is 0.383 e. The van der Waals surface area contributed by atoms with E-state index in [0.717, 1.165) is 0 Å². The quantitative estimate of drug-likeness (QED) is 0.424. The van der Waals surface area contributed by atoms with Crippen molar-refractivity contribution >= 4 is 23.4 Å². The van der Waals surface area contributed by atoms with Gasteiger partial charge in [0.25, 0.3) is 0 Å². The van der Waals surface area contributed by atoms with Crippen molar-refractivity contribution in [2.24, 2.45) is 0 Å². The summed E-state index contributed by atoms with van der Waals surface area (Å²) in [5, 5.41) is 2.47. The molecule has 0 amide bonds. The average molecular weight is 199 g/mol. The van der Waals surface area contributed by atoms with Crippen molar-refractivity contribution in [3.8, 4) is 0 Å². The monoisotopic (exact) mass is 199 g/mol. The molecular formula is C7H13N5S. The summed E-state index contributed by atoms with van der Waals surface area (Å²) in [6.45, 7) is 0. The number of hydrogen-bond donors (Lipinski definition) is 2. The minimum atomic E-state index is 0.476. The molecule has 0 fully saturated rings. The number of nitrogen functional groups attached to an aromatic ring is 1. The zero-order chi connectivity index (χ0) is 9.84. The molecule has 1 aromatic heterocycles. The average Bonchev–Trinajstić information content (AvgIpc) is 2.01. The number of aromatic nitrogens is 2. The Labute approximate surface area is 81.7 Å². The lowest BCUT2D eigenvalue weighted by atomic mass is 10.5. The molecule has 0 aliphatic carbocycles. The summed E-state index contributed by atoms with van der Waals surface area (Å²) in [6.07, 6.45) is 1.91. The maximum Gasteiger partial charge on any atom is 0.191 e. The van der Waals surface area contributed by atoms with Crippen LogP contribution in [0.1, 0.15) is 0 Å². The van der Waals surface area contributed by atoms with E-state index in [0.29, 0.717) is 16.8 Å². The maximum absolute atomic E-state index is 5.59. The van der Waals surface area contributed by atoms with Crippen molar-refractivity contribution in [1.29, 1.82) is 0 Å². The first kappa shape index (κ1) is 10.1. The van der Waals surface area contributed by atoms with Crippen molar-refractivity contribution in [1.82, 2.24) is 15.0 Å². The Morgan fingerprint density at radius 1 is 1.46 bits per heavy atom. The van der Waals surface area contributed by atoms with Gasteiger partial charge >= 0.3 is 0 Å². The first-order chi connectivity index (χ1) is 6.11. The Morgan fingerprint density at radius 2 is 2.15 bits per heavy atom. The number of nitrogens with one attached hydrogen (secondary N) is 1. The topological polar surface area (TPSA) is 67.1 Å². The SMILES string of the molecule is CSc1nc(N)cc(NN(C)C)n1. The van der Waals surface area contributed by atoms with Crippen molar-refractivity contribution in [2.45, 2.75) is 5.16 Å². The van der Waals surface area contributed by atoms with Gasteiger partial charge in [-0.05, 0) is 6.26 Å². The molecule has 0 aromatic carbocycles. The Kier molecular flexibility index (Phi) is 3.32. The van der Waals surface area contributed by atoms with Crippen LogP contribution >= 0.6 is 11.8 Å². The fraction of sp³-hybridized carbons (Fsp3) is 0.429. The number of thioether (sulfide) groups is 1. The maximum atomic E-state index is 5.59. The van der Waals surface area contributed by atoms with Crippen LogP contribution < -0.4 is 11.2 Å². The van der Waals surface area contributed by atoms with Gasteiger partial charge in [-0.15, -0.1) is 0 Å². The number of rotatable bonds is 3. The van der Waals surface area contributed by atoms with Gasteiger partial charge in [0.2, 0.25) is 0 Å². The molecule has 0 aliphatic rings. The van der Waals surface area contributed by atoms with Crippen LogP contribution in [0.4, 0.5) is 11.6 Å². The highest BCUT2D eigenvalue weighted by Gasteiger charge is 2.01. The molecule has 0 radical (unpaired) electrons. The summed E-state index contributed by atoms with van der Waals surface area (Å²) < 4.78 is 0. The predicted octanol–water partition coefficient (Wildman–Crippen LogP) is 0.669. The second-order valence-electron chi connectivity index (χ2n) is 2.67. The van der Waals surface area contributed by atoms with E-state index in [9.17, 15) is 0 Å². The molecule has 6 heteroatoms. The lowest BCUT2D eigenvalue weighted by Crippen LogP contribution is -2.20. The molecule has 3 N–H and O–H groups in total. The van der Waals surface area contributed by atoms with Gasteiger partial charge in [-0.25, -0.2) is 15.0 Å². The van der Waals surface area contributed by atoms with Crippen molar-refractivity contribution in [3.63, 3.8) is 0 Å². The molecule has 1 rings (SSSR count). The van der Waals surface area contributed by atoms with Crippen LogP contribution in [0.2, 0.25) is 0 Å². The van der Waals surface area contributed by atoms with E-state index in [1.165, 1.54) is 11.8 Å². The summed E-state index contributed by atoms with van der Waals surface area (Å²) in [5.74, 6) is 1.19. The van der Waals surface area contributed by atoms with E-state index in [2.05, 4.69) is 15.4 Å². The third-order valence-corrected chi connectivity index (χ3v) is 1.79. The lowest BCUT2D eigenvalue weighted by molar-refractivity contribution is 0.491. The molecule has 1 aromatic rings. The molecule has 1 heterocycles. The Balaban J connectivity index is 2.88. The number of nitrogens with two attached hydrogens (primary N) is 1. The second kappa shape index (κ2) is 4.29. The van der Waals surface area contributed by atoms with E-state index in [1.54, 1.807) is 11.1 Å². The number of nitrogens with zero attached hydrogens (tertiary/aromatic N) is 3. The Morgan fingerprint density at radius 3 is 2.69 bits per heavy atom. The van der Waals surface area contributed by atoms with E-state index in [4.69, 9.17) is 5.73 Å². The zero-order valence-corrected chi connectivity index (χ0v) is 8.72. The highest BCUT2D eigenvalue weighted by atomic mass is 32.2. The van der Waals surface area contributed by atoms with Gasteiger partial charge in [-0.2, -0.15) is 0 Å². The lowest BCUT2D eigenvalue weighted by Gasteiger charge is -2.12. The van der Waals surface area contributed by atoms with Crippen molar-refractivity contribution in [3.05, 3.63) is 6.07 Å². The van der Waals surface area contributed by atoms with Crippen molar-refractivity contribution < 1.29 is 0 Å². The summed E-state index contributed by atoms with van der Waals surface area (Å²) in [4.78, 5) is 8.24. The molecule has 72 valence electrons. The van der Waals surface area contributed by atoms with Crippen LogP contribution in [0, 0.1) is 0 Å². The summed E-state index contributed by atoms with van der Waals surface area (Å²) in [7, 11) is 3.77. The van der Waals surface area contributed by atoms with Crippen LogP contribution in [0.25, 0.3) is 0 Å². The minimum absolute atomic E-state index is 0.476. The molecule has 0 bridgehead atoms. The Hall–Kier alpha value is -1.01. The highest BCUT2D eigenvalue weighted by molar-refractivity contribution is 7.98. The fourth-order valence-corrected chi connectivity index (χ4v) is 1.21. The molecule has 5 nitrogen and oxygen atoms in total. The summed E-state index contributed by atoms with van der Waals surface area (Å²) >= 11 is 1.46. The van der Waals surface area contributed by atoms with E-state index >= 15 is 0 Å². The zero-order valence-electron chi connectivity index (χ0n) is 7.90. The van der Waals surface area contributed by atoms with E-state index in [-0.39, 0.29) is 0 Å². The first-order valence-corrected chi connectivity index (χ1v) is 4.97. The van der Waals surface area contributed by atoms with Gasteiger partial charge in [-0.3, -0.25) is 0 Å². The minimum Gasteiger partial charge on any atom is -0.383 e. The van der Waals surface area contributed by atoms with Crippen LogP contribution in [0.15, 0.2) is 11.2 Å². The number of hydrazine groups is 1. The van der Waals surface area contributed by atoms with Crippen molar-refractivity contribution in [2.75, 3.05) is 31.5 Å².